The van der Waals surface area contributed by atoms with Gasteiger partial charge in [-0.2, -0.15) is 0 Å². The third kappa shape index (κ3) is 8.58. The van der Waals surface area contributed by atoms with Gasteiger partial charge in [-0.25, -0.2) is 0 Å². The van der Waals surface area contributed by atoms with Gasteiger partial charge in [0.1, 0.15) is 0 Å². The van der Waals surface area contributed by atoms with Gasteiger partial charge in [-0.05, 0) is 19.3 Å². The zero-order valence-corrected chi connectivity index (χ0v) is 11.7. The number of rotatable bonds is 11. The van der Waals surface area contributed by atoms with Crippen LogP contribution in [0.25, 0.3) is 0 Å². The zero-order valence-electron chi connectivity index (χ0n) is 11.7. The quantitative estimate of drug-likeness (QED) is 0.551. The van der Waals surface area contributed by atoms with Crippen LogP contribution in [0.4, 0.5) is 0 Å². The molecule has 0 amide bonds. The highest BCUT2D eigenvalue weighted by atomic mass is 16.5. The standard InChI is InChI=1S/C14H30O3/c1-4-6-7-8-9-13(5-2)14(16)11-17-12(3)10-15/h12-16H,4-11H2,1-3H3. The lowest BCUT2D eigenvalue weighted by Crippen LogP contribution is -2.28. The van der Waals surface area contributed by atoms with Crippen LogP contribution in [0.1, 0.15) is 59.3 Å². The van der Waals surface area contributed by atoms with Gasteiger partial charge < -0.3 is 14.9 Å². The molecule has 0 aromatic rings. The molecule has 0 saturated heterocycles. The summed E-state index contributed by atoms with van der Waals surface area (Å²) in [5.74, 6) is 0.331. The Balaban J connectivity index is 3.74. The Bertz CT molecular complexity index is 162. The van der Waals surface area contributed by atoms with Crippen LogP contribution in [0.5, 0.6) is 0 Å². The first-order chi connectivity index (χ1) is 8.15. The molecule has 0 bridgehead atoms. The summed E-state index contributed by atoms with van der Waals surface area (Å²) in [7, 11) is 0. The maximum atomic E-state index is 10.0. The lowest BCUT2D eigenvalue weighted by Gasteiger charge is -2.23. The van der Waals surface area contributed by atoms with E-state index in [4.69, 9.17) is 9.84 Å². The Morgan fingerprint density at radius 3 is 2.35 bits per heavy atom. The molecule has 3 nitrogen and oxygen atoms in total. The average Bonchev–Trinajstić information content (AvgIpc) is 2.35. The van der Waals surface area contributed by atoms with Crippen molar-refractivity contribution in [3.05, 3.63) is 0 Å². The smallest absolute Gasteiger partial charge is 0.0801 e. The maximum Gasteiger partial charge on any atom is 0.0801 e. The molecule has 3 atom stereocenters. The molecule has 104 valence electrons. The van der Waals surface area contributed by atoms with E-state index in [0.717, 1.165) is 12.8 Å². The van der Waals surface area contributed by atoms with Gasteiger partial charge in [-0.15, -0.1) is 0 Å². The summed E-state index contributed by atoms with van der Waals surface area (Å²) in [6, 6.07) is 0. The molecule has 0 aliphatic heterocycles. The first kappa shape index (κ1) is 16.9. The van der Waals surface area contributed by atoms with Gasteiger partial charge in [0.2, 0.25) is 0 Å². The number of aliphatic hydroxyl groups is 2. The van der Waals surface area contributed by atoms with Crippen molar-refractivity contribution in [2.45, 2.75) is 71.5 Å². The molecule has 2 N–H and O–H groups in total. The van der Waals surface area contributed by atoms with Gasteiger partial charge in [0, 0.05) is 0 Å². The second-order valence-corrected chi connectivity index (χ2v) is 4.91. The van der Waals surface area contributed by atoms with Crippen molar-refractivity contribution in [3.63, 3.8) is 0 Å². The fraction of sp³-hybridized carbons (Fsp3) is 1.00. The maximum absolute atomic E-state index is 10.0. The van der Waals surface area contributed by atoms with Gasteiger partial charge >= 0.3 is 0 Å². The van der Waals surface area contributed by atoms with Crippen molar-refractivity contribution in [2.24, 2.45) is 5.92 Å². The first-order valence-electron chi connectivity index (χ1n) is 7.06. The summed E-state index contributed by atoms with van der Waals surface area (Å²) in [5, 5.41) is 18.8. The fourth-order valence-electron chi connectivity index (χ4n) is 1.95. The topological polar surface area (TPSA) is 49.7 Å². The Hall–Kier alpha value is -0.120. The van der Waals surface area contributed by atoms with E-state index in [2.05, 4.69) is 13.8 Å². The Morgan fingerprint density at radius 1 is 1.12 bits per heavy atom. The van der Waals surface area contributed by atoms with Gasteiger partial charge in [0.05, 0.1) is 25.4 Å². The summed E-state index contributed by atoms with van der Waals surface area (Å²) in [4.78, 5) is 0. The second kappa shape index (κ2) is 11.0. The van der Waals surface area contributed by atoms with Crippen molar-refractivity contribution in [3.8, 4) is 0 Å². The van der Waals surface area contributed by atoms with Gasteiger partial charge in [-0.3, -0.25) is 0 Å². The summed E-state index contributed by atoms with van der Waals surface area (Å²) >= 11 is 0. The van der Waals surface area contributed by atoms with Crippen LogP contribution in [0.15, 0.2) is 0 Å². The van der Waals surface area contributed by atoms with Crippen LogP contribution in [-0.4, -0.2) is 35.6 Å². The van der Waals surface area contributed by atoms with Crippen molar-refractivity contribution < 1.29 is 14.9 Å². The third-order valence-electron chi connectivity index (χ3n) is 3.31. The molecule has 0 spiro atoms. The molecule has 0 aliphatic rings. The predicted octanol–water partition coefficient (Wildman–Crippen LogP) is 2.74. The minimum atomic E-state index is -0.393. The SMILES string of the molecule is CCCCCCC(CC)C(O)COC(C)CO. The van der Waals surface area contributed by atoms with E-state index in [-0.39, 0.29) is 12.7 Å². The highest BCUT2D eigenvalue weighted by Crippen LogP contribution is 2.18. The van der Waals surface area contributed by atoms with E-state index >= 15 is 0 Å². The number of hydrogen-bond donors (Lipinski definition) is 2. The van der Waals surface area contributed by atoms with E-state index in [9.17, 15) is 5.11 Å². The molecule has 0 heterocycles. The zero-order chi connectivity index (χ0) is 13.1. The van der Waals surface area contributed by atoms with Gasteiger partial charge in [0.15, 0.2) is 0 Å². The number of hydrogen-bond acceptors (Lipinski definition) is 3. The van der Waals surface area contributed by atoms with Crippen LogP contribution in [0, 0.1) is 5.92 Å². The lowest BCUT2D eigenvalue weighted by atomic mass is 9.93. The Labute approximate surface area is 106 Å². The third-order valence-corrected chi connectivity index (χ3v) is 3.31. The number of ether oxygens (including phenoxy) is 1. The second-order valence-electron chi connectivity index (χ2n) is 4.91. The first-order valence-corrected chi connectivity index (χ1v) is 7.06. The molecule has 0 rings (SSSR count). The molecule has 0 aliphatic carbocycles. The minimum Gasteiger partial charge on any atom is -0.394 e. The van der Waals surface area contributed by atoms with Crippen LogP contribution >= 0.6 is 0 Å². The van der Waals surface area contributed by atoms with Crippen molar-refractivity contribution >= 4 is 0 Å². The summed E-state index contributed by atoms with van der Waals surface area (Å²) in [6.45, 7) is 6.49. The molecular formula is C14H30O3. The van der Waals surface area contributed by atoms with E-state index in [1.165, 1.54) is 25.7 Å². The van der Waals surface area contributed by atoms with Crippen molar-refractivity contribution in [1.82, 2.24) is 0 Å². The highest BCUT2D eigenvalue weighted by Gasteiger charge is 2.18. The Morgan fingerprint density at radius 2 is 1.82 bits per heavy atom. The van der Waals surface area contributed by atoms with Crippen LogP contribution < -0.4 is 0 Å². The largest absolute Gasteiger partial charge is 0.394 e. The van der Waals surface area contributed by atoms with Gasteiger partial charge in [0.25, 0.3) is 0 Å². The van der Waals surface area contributed by atoms with Crippen LogP contribution in [-0.2, 0) is 4.74 Å². The van der Waals surface area contributed by atoms with E-state index in [1.807, 2.05) is 6.92 Å². The van der Waals surface area contributed by atoms with E-state index in [1.54, 1.807) is 0 Å². The Kier molecular flexibility index (Phi) is 10.9. The predicted molar refractivity (Wildman–Crippen MR) is 71.0 cm³/mol. The molecule has 17 heavy (non-hydrogen) atoms. The highest BCUT2D eigenvalue weighted by molar-refractivity contribution is 4.68. The molecule has 0 saturated carbocycles. The van der Waals surface area contributed by atoms with Crippen molar-refractivity contribution in [1.29, 1.82) is 0 Å². The van der Waals surface area contributed by atoms with Crippen LogP contribution in [0.3, 0.4) is 0 Å². The van der Waals surface area contributed by atoms with E-state index in [0.29, 0.717) is 12.5 Å². The monoisotopic (exact) mass is 246 g/mol. The van der Waals surface area contributed by atoms with Crippen LogP contribution in [0.2, 0.25) is 0 Å². The average molecular weight is 246 g/mol. The molecule has 3 unspecified atom stereocenters. The normalized spacial score (nSPS) is 16.8. The van der Waals surface area contributed by atoms with Crippen molar-refractivity contribution in [2.75, 3.05) is 13.2 Å². The van der Waals surface area contributed by atoms with Gasteiger partial charge in [-0.1, -0.05) is 46.0 Å². The number of unbranched alkanes of at least 4 members (excludes halogenated alkanes) is 3. The molecule has 0 aromatic carbocycles. The molecule has 0 fully saturated rings. The molecular weight excluding hydrogens is 216 g/mol. The summed E-state index contributed by atoms with van der Waals surface area (Å²) in [6.07, 6.45) is 6.48. The lowest BCUT2D eigenvalue weighted by molar-refractivity contribution is -0.0437. The van der Waals surface area contributed by atoms with E-state index < -0.39 is 6.10 Å². The molecule has 0 radical (unpaired) electrons. The number of aliphatic hydroxyl groups excluding tert-OH is 2. The summed E-state index contributed by atoms with van der Waals surface area (Å²) in [5.41, 5.74) is 0. The molecule has 3 heteroatoms. The molecule has 0 aromatic heterocycles. The summed E-state index contributed by atoms with van der Waals surface area (Å²) < 4.78 is 5.36. The minimum absolute atomic E-state index is 0.0139. The fourth-order valence-corrected chi connectivity index (χ4v) is 1.95.